The number of carbonyl (C=O) groups excluding carboxylic acids is 1. The summed E-state index contributed by atoms with van der Waals surface area (Å²) >= 11 is 0. The third kappa shape index (κ3) is 4.91. The number of benzene rings is 1. The van der Waals surface area contributed by atoms with Gasteiger partial charge in [0.15, 0.2) is 11.5 Å². The molecular weight excluding hydrogens is 594 g/mol. The number of amides is 1. The van der Waals surface area contributed by atoms with E-state index in [0.717, 1.165) is 5.56 Å². The fraction of sp³-hybridized carbons (Fsp3) is 0.382. The average molecular weight is 629 g/mol. The second-order valence-corrected chi connectivity index (χ2v) is 12.1. The lowest BCUT2D eigenvalue weighted by Gasteiger charge is -2.46. The summed E-state index contributed by atoms with van der Waals surface area (Å²) in [4.78, 5) is 44.7. The van der Waals surface area contributed by atoms with E-state index in [2.05, 4.69) is 9.97 Å². The van der Waals surface area contributed by atoms with Crippen LogP contribution < -0.4 is 15.3 Å². The van der Waals surface area contributed by atoms with Gasteiger partial charge in [-0.3, -0.25) is 9.78 Å². The van der Waals surface area contributed by atoms with E-state index < -0.39 is 17.3 Å². The van der Waals surface area contributed by atoms with Crippen LogP contribution in [-0.2, 0) is 16.0 Å². The fourth-order valence-electron chi connectivity index (χ4n) is 6.87. The van der Waals surface area contributed by atoms with Crippen LogP contribution in [0.25, 0.3) is 28.0 Å². The van der Waals surface area contributed by atoms with Gasteiger partial charge in [0.05, 0.1) is 47.6 Å². The number of hydrogen-bond donors (Lipinski definition) is 0. The zero-order valence-electron chi connectivity index (χ0n) is 25.9. The van der Waals surface area contributed by atoms with Gasteiger partial charge in [0.25, 0.3) is 0 Å². The van der Waals surface area contributed by atoms with E-state index in [1.54, 1.807) is 30.3 Å². The summed E-state index contributed by atoms with van der Waals surface area (Å²) < 4.78 is 44.0. The van der Waals surface area contributed by atoms with Crippen LogP contribution in [0.2, 0.25) is 0 Å². The van der Waals surface area contributed by atoms with Crippen molar-refractivity contribution in [2.45, 2.75) is 51.1 Å². The highest BCUT2D eigenvalue weighted by Crippen LogP contribution is 2.41. The van der Waals surface area contributed by atoms with Gasteiger partial charge in [-0.25, -0.2) is 23.1 Å². The molecule has 7 rings (SSSR count). The number of likely N-dealkylation sites (tertiary alicyclic amines) is 1. The average Bonchev–Trinajstić information content (AvgIpc) is 3.33. The number of ether oxygens (including phenoxy) is 2. The van der Waals surface area contributed by atoms with E-state index in [4.69, 9.17) is 14.5 Å². The van der Waals surface area contributed by atoms with Crippen LogP contribution in [0.5, 0.6) is 5.75 Å². The fourth-order valence-corrected chi connectivity index (χ4v) is 6.87. The smallest absolute Gasteiger partial charge is 0.355 e. The molecule has 1 amide bonds. The number of halogens is 2. The molecular formula is C34H34F2N6O4. The number of carbonyl (C=O) groups is 1. The minimum atomic E-state index is -0.771. The molecule has 3 aromatic heterocycles. The Morgan fingerprint density at radius 1 is 1.17 bits per heavy atom. The first kappa shape index (κ1) is 30.0. The SMILES string of the molecule is COC/C=C/C(=O)N1CC2C1CCN2c1nc(=O)n2c3nc(c(F)cc13)-c1c(F)cccc1OCCCc1ccnc(C(C)C)c1-2. The van der Waals surface area contributed by atoms with Crippen LogP contribution in [0, 0.1) is 11.6 Å². The second kappa shape index (κ2) is 11.9. The van der Waals surface area contributed by atoms with E-state index in [-0.39, 0.29) is 59.0 Å². The standard InChI is InChI=1S/C34H34F2N6O4/c1-19(2)29-31-20(11-13-37-29)7-5-16-46-26-9-4-8-22(35)28(26)30-23(36)17-21-32(39-34(44)42(31)33(21)38-30)40-14-12-24-25(40)18-41(24)27(43)10-6-15-45-3/h4,6,8-11,13,17,19,24-25H,5,7,12,14-16,18H2,1-3H3/b10-6+. The summed E-state index contributed by atoms with van der Waals surface area (Å²) in [6.45, 7) is 5.50. The molecule has 2 saturated heterocycles. The van der Waals surface area contributed by atoms with Crippen LogP contribution in [0.3, 0.4) is 0 Å². The van der Waals surface area contributed by atoms with Gasteiger partial charge in [-0.2, -0.15) is 4.98 Å². The molecule has 1 aromatic carbocycles. The summed E-state index contributed by atoms with van der Waals surface area (Å²) in [7, 11) is 1.56. The number of nitrogens with zero attached hydrogens (tertiary/aromatic N) is 6. The van der Waals surface area contributed by atoms with Gasteiger partial charge in [-0.05, 0) is 55.0 Å². The highest BCUT2D eigenvalue weighted by Gasteiger charge is 2.49. The number of rotatable bonds is 5. The molecule has 2 unspecified atom stereocenters. The Kier molecular flexibility index (Phi) is 7.75. The van der Waals surface area contributed by atoms with Gasteiger partial charge in [0.1, 0.15) is 23.1 Å². The van der Waals surface area contributed by atoms with E-state index in [1.165, 1.54) is 28.8 Å². The maximum Gasteiger partial charge on any atom is 0.355 e. The number of methoxy groups -OCH3 is 1. The molecule has 3 aliphatic rings. The molecule has 0 radical (unpaired) electrons. The quantitative estimate of drug-likeness (QED) is 0.297. The first-order chi connectivity index (χ1) is 22.3. The minimum absolute atomic E-state index is 0.0606. The van der Waals surface area contributed by atoms with Crippen molar-refractivity contribution in [2.24, 2.45) is 0 Å². The molecule has 238 valence electrons. The van der Waals surface area contributed by atoms with Gasteiger partial charge in [-0.1, -0.05) is 26.0 Å². The third-order valence-electron chi connectivity index (χ3n) is 9.04. The van der Waals surface area contributed by atoms with Crippen molar-refractivity contribution >= 4 is 22.8 Å². The first-order valence-electron chi connectivity index (χ1n) is 15.5. The van der Waals surface area contributed by atoms with Gasteiger partial charge in [0.2, 0.25) is 5.91 Å². The Hall–Kier alpha value is -4.71. The molecule has 2 bridgehead atoms. The molecule has 3 aliphatic heterocycles. The molecule has 0 saturated carbocycles. The van der Waals surface area contributed by atoms with Crippen molar-refractivity contribution < 1.29 is 23.0 Å². The summed E-state index contributed by atoms with van der Waals surface area (Å²) in [5.74, 6) is -1.16. The Morgan fingerprint density at radius 2 is 2.02 bits per heavy atom. The van der Waals surface area contributed by atoms with Crippen LogP contribution in [0.4, 0.5) is 14.6 Å². The summed E-state index contributed by atoms with van der Waals surface area (Å²) in [5, 5.41) is 0.312. The van der Waals surface area contributed by atoms with Crippen molar-refractivity contribution in [1.29, 1.82) is 0 Å². The number of aromatic nitrogens is 4. The number of fused-ring (bicyclic) bond motifs is 6. The molecule has 46 heavy (non-hydrogen) atoms. The van der Waals surface area contributed by atoms with Gasteiger partial charge in [0, 0.05) is 32.5 Å². The second-order valence-electron chi connectivity index (χ2n) is 12.1. The molecule has 2 atom stereocenters. The molecule has 0 aliphatic carbocycles. The zero-order chi connectivity index (χ0) is 32.1. The highest BCUT2D eigenvalue weighted by molar-refractivity contribution is 5.92. The summed E-state index contributed by atoms with van der Waals surface area (Å²) in [6.07, 6.45) is 6.67. The molecule has 0 spiro atoms. The van der Waals surface area contributed by atoms with Crippen LogP contribution in [0.15, 0.2) is 53.5 Å². The Morgan fingerprint density at radius 3 is 2.83 bits per heavy atom. The minimum Gasteiger partial charge on any atom is -0.493 e. The molecule has 4 aromatic rings. The largest absolute Gasteiger partial charge is 0.493 e. The Bertz CT molecular complexity index is 1940. The molecule has 0 N–H and O–H groups in total. The van der Waals surface area contributed by atoms with Crippen molar-refractivity contribution in [3.05, 3.63) is 82.1 Å². The van der Waals surface area contributed by atoms with Crippen molar-refractivity contribution in [2.75, 3.05) is 38.3 Å². The zero-order valence-corrected chi connectivity index (χ0v) is 25.9. The lowest BCUT2D eigenvalue weighted by Crippen LogP contribution is -2.63. The van der Waals surface area contributed by atoms with Crippen molar-refractivity contribution in [1.82, 2.24) is 24.4 Å². The van der Waals surface area contributed by atoms with Crippen LogP contribution >= 0.6 is 0 Å². The van der Waals surface area contributed by atoms with Gasteiger partial charge >= 0.3 is 5.69 Å². The highest BCUT2D eigenvalue weighted by atomic mass is 19.1. The normalized spacial score (nSPS) is 19.0. The maximum atomic E-state index is 16.2. The van der Waals surface area contributed by atoms with Gasteiger partial charge in [-0.15, -0.1) is 0 Å². The van der Waals surface area contributed by atoms with Crippen LogP contribution in [-0.4, -0.2) is 75.8 Å². The lowest BCUT2D eigenvalue weighted by atomic mass is 9.96. The maximum absolute atomic E-state index is 16.2. The van der Waals surface area contributed by atoms with E-state index in [1.807, 2.05) is 24.8 Å². The Balaban J connectivity index is 1.44. The van der Waals surface area contributed by atoms with E-state index in [9.17, 15) is 9.59 Å². The molecule has 6 heterocycles. The first-order valence-corrected chi connectivity index (χ1v) is 15.5. The lowest BCUT2D eigenvalue weighted by molar-refractivity contribution is -0.133. The predicted molar refractivity (Wildman–Crippen MR) is 168 cm³/mol. The van der Waals surface area contributed by atoms with Crippen molar-refractivity contribution in [3.63, 3.8) is 0 Å². The summed E-state index contributed by atoms with van der Waals surface area (Å²) in [6, 6.07) is 7.30. The van der Waals surface area contributed by atoms with Gasteiger partial charge < -0.3 is 19.3 Å². The van der Waals surface area contributed by atoms with Crippen LogP contribution in [0.1, 0.15) is 43.9 Å². The molecule has 12 heteroatoms. The van der Waals surface area contributed by atoms with E-state index in [0.29, 0.717) is 55.7 Å². The Labute approximate surface area is 264 Å². The number of aryl methyl sites for hydroxylation is 1. The monoisotopic (exact) mass is 628 g/mol. The third-order valence-corrected chi connectivity index (χ3v) is 9.04. The number of hydrogen-bond acceptors (Lipinski definition) is 8. The predicted octanol–water partition coefficient (Wildman–Crippen LogP) is 4.56. The van der Waals surface area contributed by atoms with E-state index >= 15 is 8.78 Å². The topological polar surface area (TPSA) is 103 Å². The van der Waals surface area contributed by atoms with Crippen molar-refractivity contribution in [3.8, 4) is 22.7 Å². The molecule has 10 nitrogen and oxygen atoms in total. The number of pyridine rings is 2. The molecule has 2 fully saturated rings. The summed E-state index contributed by atoms with van der Waals surface area (Å²) in [5.41, 5.74) is 1.26. The number of anilines is 1.